The molecule has 2 atom stereocenters. The first kappa shape index (κ1) is 22.4. The maximum Gasteiger partial charge on any atom is 0.296 e. The number of fused-ring (bicyclic) bond motifs is 3. The SMILES string of the molecule is Nc1ccc(C(c2ccccc2)(c2ccc([NH3+])cc2)P2(=O)Oc3ccccc3-c3ccccc32)cc1. The first-order valence-corrected chi connectivity index (χ1v) is 13.5. The molecule has 0 saturated carbocycles. The summed E-state index contributed by atoms with van der Waals surface area (Å²) in [5.74, 6) is 0.615. The Labute approximate surface area is 210 Å². The van der Waals surface area contributed by atoms with Gasteiger partial charge >= 0.3 is 0 Å². The summed E-state index contributed by atoms with van der Waals surface area (Å²) in [4.78, 5) is 0. The largest absolute Gasteiger partial charge is 0.438 e. The van der Waals surface area contributed by atoms with E-state index < -0.39 is 12.5 Å². The molecule has 0 fully saturated rings. The quantitative estimate of drug-likeness (QED) is 0.182. The molecule has 5 aromatic carbocycles. The molecule has 0 amide bonds. The second kappa shape index (κ2) is 8.53. The van der Waals surface area contributed by atoms with Crippen molar-refractivity contribution in [2.45, 2.75) is 5.16 Å². The highest BCUT2D eigenvalue weighted by Gasteiger charge is 2.57. The Morgan fingerprint density at radius 3 is 1.83 bits per heavy atom. The zero-order chi connectivity index (χ0) is 24.8. The topological polar surface area (TPSA) is 80.0 Å². The molecule has 0 bridgehead atoms. The summed E-state index contributed by atoms with van der Waals surface area (Å²) >= 11 is 0. The number of nitrogens with two attached hydrogens (primary N) is 1. The van der Waals surface area contributed by atoms with Crippen molar-refractivity contribution in [2.24, 2.45) is 0 Å². The van der Waals surface area contributed by atoms with Crippen LogP contribution in [0.15, 0.2) is 127 Å². The lowest BCUT2D eigenvalue weighted by Crippen LogP contribution is -2.41. The van der Waals surface area contributed by atoms with Gasteiger partial charge in [-0.25, -0.2) is 0 Å². The molecule has 2 unspecified atom stereocenters. The monoisotopic (exact) mass is 489 g/mol. The molecular formula is C31H26N2O2P+. The van der Waals surface area contributed by atoms with E-state index in [0.717, 1.165) is 33.5 Å². The maximum atomic E-state index is 15.9. The fraction of sp³-hybridized carbons (Fsp3) is 0.0323. The summed E-state index contributed by atoms with van der Waals surface area (Å²) in [6, 6.07) is 41.3. The van der Waals surface area contributed by atoms with Crippen LogP contribution in [0.1, 0.15) is 16.7 Å². The molecule has 1 aliphatic heterocycles. The molecule has 0 spiro atoms. The molecule has 5 N–H and O–H groups in total. The average Bonchev–Trinajstić information content (AvgIpc) is 2.92. The standard InChI is InChI=1S/C31H25N2O2P/c32-25-18-14-23(15-19-25)31(22-8-2-1-3-9-22,24-16-20-26(33)21-17-24)36(34)30-13-7-5-11-28(30)27-10-4-6-12-29(27)35-36/h1-21H,32-33H2/p+1. The first-order chi connectivity index (χ1) is 17.5. The molecule has 1 heterocycles. The van der Waals surface area contributed by atoms with Crippen LogP contribution >= 0.6 is 7.37 Å². The van der Waals surface area contributed by atoms with Crippen LogP contribution in [-0.4, -0.2) is 0 Å². The van der Waals surface area contributed by atoms with Crippen LogP contribution in [0.4, 0.5) is 11.4 Å². The van der Waals surface area contributed by atoms with Crippen LogP contribution in [0.2, 0.25) is 0 Å². The molecular weight excluding hydrogens is 463 g/mol. The zero-order valence-corrected chi connectivity index (χ0v) is 20.6. The van der Waals surface area contributed by atoms with Gasteiger partial charge in [0.1, 0.15) is 16.6 Å². The van der Waals surface area contributed by atoms with Crippen LogP contribution in [0.3, 0.4) is 0 Å². The van der Waals surface area contributed by atoms with Gasteiger partial charge in [-0.3, -0.25) is 4.57 Å². The maximum absolute atomic E-state index is 15.9. The van der Waals surface area contributed by atoms with Crippen molar-refractivity contribution in [2.75, 3.05) is 5.73 Å². The third-order valence-corrected chi connectivity index (χ3v) is 10.1. The molecule has 4 nitrogen and oxygen atoms in total. The summed E-state index contributed by atoms with van der Waals surface area (Å²) in [5, 5.41) is -0.442. The number of hydrogen-bond acceptors (Lipinski definition) is 3. The Kier molecular flexibility index (Phi) is 5.30. The minimum atomic E-state index is -3.73. The molecule has 5 heteroatoms. The highest BCUT2D eigenvalue weighted by atomic mass is 31.2. The second-order valence-electron chi connectivity index (χ2n) is 9.05. The molecule has 0 aromatic heterocycles. The van der Waals surface area contributed by atoms with Crippen LogP contribution in [0, 0.1) is 0 Å². The van der Waals surface area contributed by atoms with Gasteiger partial charge in [-0.1, -0.05) is 91.0 Å². The Balaban J connectivity index is 1.79. The summed E-state index contributed by atoms with van der Waals surface area (Å²) in [7, 11) is -3.73. The lowest BCUT2D eigenvalue weighted by Gasteiger charge is -2.44. The van der Waals surface area contributed by atoms with Gasteiger partial charge in [0.05, 0.1) is 5.30 Å². The van der Waals surface area contributed by atoms with Gasteiger partial charge in [-0.05, 0) is 58.7 Å². The second-order valence-corrected chi connectivity index (χ2v) is 11.5. The number of rotatable bonds is 4. The van der Waals surface area contributed by atoms with Gasteiger partial charge < -0.3 is 16.0 Å². The van der Waals surface area contributed by atoms with Gasteiger partial charge in [0.15, 0.2) is 0 Å². The molecule has 5 aromatic rings. The zero-order valence-electron chi connectivity index (χ0n) is 19.7. The fourth-order valence-corrected chi connectivity index (χ4v) is 8.62. The third kappa shape index (κ3) is 3.23. The number of nitrogen functional groups attached to an aromatic ring is 1. The number of anilines is 1. The van der Waals surface area contributed by atoms with E-state index in [1.807, 2.05) is 127 Å². The van der Waals surface area contributed by atoms with Gasteiger partial charge in [-0.2, -0.15) is 0 Å². The van der Waals surface area contributed by atoms with Crippen molar-refractivity contribution in [3.63, 3.8) is 0 Å². The fourth-order valence-electron chi connectivity index (χ4n) is 5.32. The molecule has 1 aliphatic rings. The van der Waals surface area contributed by atoms with E-state index >= 15 is 4.57 Å². The Hall–Kier alpha value is -4.11. The minimum Gasteiger partial charge on any atom is -0.438 e. The third-order valence-electron chi connectivity index (χ3n) is 6.96. The van der Waals surface area contributed by atoms with Gasteiger partial charge in [0.2, 0.25) is 0 Å². The van der Waals surface area contributed by atoms with Crippen molar-refractivity contribution in [1.29, 1.82) is 0 Å². The van der Waals surface area contributed by atoms with Crippen molar-refractivity contribution in [3.8, 4) is 16.9 Å². The molecule has 176 valence electrons. The van der Waals surface area contributed by atoms with Gasteiger partial charge in [0, 0.05) is 11.3 Å². The molecule has 36 heavy (non-hydrogen) atoms. The van der Waals surface area contributed by atoms with Gasteiger partial charge in [0.25, 0.3) is 7.37 Å². The van der Waals surface area contributed by atoms with E-state index in [0.29, 0.717) is 16.7 Å². The predicted molar refractivity (Wildman–Crippen MR) is 146 cm³/mol. The molecule has 0 radical (unpaired) electrons. The number of para-hydroxylation sites is 1. The van der Waals surface area contributed by atoms with E-state index in [1.54, 1.807) is 0 Å². The Bertz CT molecular complexity index is 1550. The van der Waals surface area contributed by atoms with E-state index in [1.165, 1.54) is 0 Å². The average molecular weight is 490 g/mol. The van der Waals surface area contributed by atoms with Crippen molar-refractivity contribution < 1.29 is 14.8 Å². The lowest BCUT2D eigenvalue weighted by molar-refractivity contribution is -0.254. The number of quaternary nitrogens is 1. The van der Waals surface area contributed by atoms with Crippen LogP contribution in [0.5, 0.6) is 5.75 Å². The molecule has 6 rings (SSSR count). The smallest absolute Gasteiger partial charge is 0.296 e. The predicted octanol–water partition coefficient (Wildman–Crippen LogP) is 6.10. The van der Waals surface area contributed by atoms with E-state index in [9.17, 15) is 0 Å². The normalized spacial score (nSPS) is 17.8. The van der Waals surface area contributed by atoms with Gasteiger partial charge in [-0.15, -0.1) is 0 Å². The Morgan fingerprint density at radius 1 is 0.611 bits per heavy atom. The van der Waals surface area contributed by atoms with Crippen LogP contribution in [0.25, 0.3) is 11.1 Å². The highest BCUT2D eigenvalue weighted by Crippen LogP contribution is 2.71. The summed E-state index contributed by atoms with van der Waals surface area (Å²) in [6.45, 7) is 0. The molecule has 0 saturated heterocycles. The van der Waals surface area contributed by atoms with E-state index in [2.05, 4.69) is 5.73 Å². The summed E-state index contributed by atoms with van der Waals surface area (Å²) in [5.41, 5.74) is 16.2. The van der Waals surface area contributed by atoms with Crippen molar-refractivity contribution >= 4 is 24.0 Å². The number of hydrogen-bond donors (Lipinski definition) is 2. The van der Waals surface area contributed by atoms with E-state index in [4.69, 9.17) is 10.3 Å². The summed E-state index contributed by atoms with van der Waals surface area (Å²) in [6.07, 6.45) is 0. The summed E-state index contributed by atoms with van der Waals surface area (Å²) < 4.78 is 22.7. The Morgan fingerprint density at radius 2 is 1.14 bits per heavy atom. The van der Waals surface area contributed by atoms with Crippen molar-refractivity contribution in [1.82, 2.24) is 0 Å². The van der Waals surface area contributed by atoms with Crippen LogP contribution < -0.4 is 21.3 Å². The molecule has 0 aliphatic carbocycles. The number of benzene rings is 5. The lowest BCUT2D eigenvalue weighted by atomic mass is 9.83. The van der Waals surface area contributed by atoms with Crippen molar-refractivity contribution in [3.05, 3.63) is 144 Å². The minimum absolute atomic E-state index is 0.615. The van der Waals surface area contributed by atoms with Crippen LogP contribution in [-0.2, 0) is 9.72 Å². The van der Waals surface area contributed by atoms with E-state index in [-0.39, 0.29) is 0 Å². The first-order valence-electron chi connectivity index (χ1n) is 11.9. The highest BCUT2D eigenvalue weighted by molar-refractivity contribution is 7.69.